The highest BCUT2D eigenvalue weighted by atomic mass is 16.5. The summed E-state index contributed by atoms with van der Waals surface area (Å²) in [6.45, 7) is 2.63. The predicted molar refractivity (Wildman–Crippen MR) is 50.3 cm³/mol. The summed E-state index contributed by atoms with van der Waals surface area (Å²) in [4.78, 5) is 4.02. The zero-order valence-electron chi connectivity index (χ0n) is 7.57. The molecule has 0 amide bonds. The third-order valence-electron chi connectivity index (χ3n) is 2.24. The van der Waals surface area contributed by atoms with Crippen molar-refractivity contribution < 1.29 is 4.74 Å². The highest BCUT2D eigenvalue weighted by molar-refractivity contribution is 5.06. The molecule has 1 aromatic rings. The Morgan fingerprint density at radius 1 is 1.62 bits per heavy atom. The van der Waals surface area contributed by atoms with Crippen LogP contribution in [0.4, 0.5) is 0 Å². The normalized spacial score (nSPS) is 21.1. The van der Waals surface area contributed by atoms with Crippen LogP contribution in [0.3, 0.4) is 0 Å². The van der Waals surface area contributed by atoms with Crippen molar-refractivity contribution in [3.05, 3.63) is 30.1 Å². The van der Waals surface area contributed by atoms with Crippen LogP contribution >= 0.6 is 0 Å². The van der Waals surface area contributed by atoms with E-state index in [9.17, 15) is 0 Å². The van der Waals surface area contributed by atoms with E-state index < -0.39 is 0 Å². The van der Waals surface area contributed by atoms with Crippen molar-refractivity contribution in [2.75, 3.05) is 13.2 Å². The fourth-order valence-corrected chi connectivity index (χ4v) is 1.29. The van der Waals surface area contributed by atoms with Gasteiger partial charge < -0.3 is 10.1 Å². The Morgan fingerprint density at radius 2 is 2.54 bits per heavy atom. The number of pyridine rings is 1. The molecule has 0 bridgehead atoms. The number of hydrogen-bond acceptors (Lipinski definition) is 3. The zero-order valence-corrected chi connectivity index (χ0v) is 7.57. The maximum Gasteiger partial charge on any atom is 0.0732 e. The first-order valence-corrected chi connectivity index (χ1v) is 4.65. The van der Waals surface area contributed by atoms with Gasteiger partial charge in [-0.25, -0.2) is 0 Å². The minimum atomic E-state index is 0.580. The summed E-state index contributed by atoms with van der Waals surface area (Å²) in [7, 11) is 0. The van der Waals surface area contributed by atoms with E-state index in [4.69, 9.17) is 4.74 Å². The van der Waals surface area contributed by atoms with Crippen LogP contribution in [0.1, 0.15) is 12.0 Å². The van der Waals surface area contributed by atoms with Crippen LogP contribution in [-0.4, -0.2) is 24.2 Å². The maximum absolute atomic E-state index is 5.52. The highest BCUT2D eigenvalue weighted by Crippen LogP contribution is 2.04. The Hall–Kier alpha value is -0.930. The molecule has 0 radical (unpaired) electrons. The van der Waals surface area contributed by atoms with Crippen LogP contribution in [0, 0.1) is 0 Å². The molecule has 1 aromatic heterocycles. The van der Waals surface area contributed by atoms with Gasteiger partial charge in [0.05, 0.1) is 13.2 Å². The lowest BCUT2D eigenvalue weighted by Gasteiger charge is -2.27. The number of rotatable bonds is 4. The van der Waals surface area contributed by atoms with E-state index in [1.54, 1.807) is 6.20 Å². The van der Waals surface area contributed by atoms with Crippen LogP contribution in [0.25, 0.3) is 0 Å². The van der Waals surface area contributed by atoms with E-state index in [0.717, 1.165) is 18.7 Å². The third-order valence-corrected chi connectivity index (χ3v) is 2.24. The summed E-state index contributed by atoms with van der Waals surface area (Å²) >= 11 is 0. The number of nitrogens with zero attached hydrogens (tertiary/aromatic N) is 1. The van der Waals surface area contributed by atoms with Gasteiger partial charge >= 0.3 is 0 Å². The standard InChI is InChI=1S/C10H14N2O/c1-2-9(6-11-4-1)7-13-8-10-3-5-12-10/h1-2,4,6,10,12H,3,5,7-8H2/t10-/m0/s1. The molecular formula is C10H14N2O. The van der Waals surface area contributed by atoms with Crippen LogP contribution in [0.5, 0.6) is 0 Å². The summed E-state index contributed by atoms with van der Waals surface area (Å²) in [5.41, 5.74) is 1.14. The van der Waals surface area contributed by atoms with Crippen LogP contribution in [0.2, 0.25) is 0 Å². The zero-order chi connectivity index (χ0) is 8.93. The molecule has 2 rings (SSSR count). The number of hydrogen-bond donors (Lipinski definition) is 1. The van der Waals surface area contributed by atoms with Gasteiger partial charge in [0.2, 0.25) is 0 Å². The lowest BCUT2D eigenvalue weighted by molar-refractivity contribution is 0.0806. The van der Waals surface area contributed by atoms with E-state index in [0.29, 0.717) is 12.6 Å². The first-order chi connectivity index (χ1) is 6.45. The molecule has 0 spiro atoms. The monoisotopic (exact) mass is 178 g/mol. The molecule has 1 aliphatic heterocycles. The summed E-state index contributed by atoms with van der Waals surface area (Å²) in [5, 5.41) is 3.29. The average molecular weight is 178 g/mol. The average Bonchev–Trinajstić information content (AvgIpc) is 2.11. The minimum absolute atomic E-state index is 0.580. The van der Waals surface area contributed by atoms with E-state index in [1.165, 1.54) is 6.42 Å². The van der Waals surface area contributed by atoms with Crippen molar-refractivity contribution in [1.82, 2.24) is 10.3 Å². The van der Waals surface area contributed by atoms with Gasteiger partial charge in [-0.15, -0.1) is 0 Å². The van der Waals surface area contributed by atoms with Crippen LogP contribution in [-0.2, 0) is 11.3 Å². The minimum Gasteiger partial charge on any atom is -0.375 e. The second-order valence-electron chi connectivity index (χ2n) is 3.32. The van der Waals surface area contributed by atoms with Crippen LogP contribution in [0.15, 0.2) is 24.5 Å². The molecule has 0 saturated carbocycles. The topological polar surface area (TPSA) is 34.1 Å². The SMILES string of the molecule is c1cncc(COC[C@@H]2CCN2)c1. The van der Waals surface area contributed by atoms with Crippen molar-refractivity contribution in [2.24, 2.45) is 0 Å². The van der Waals surface area contributed by atoms with Gasteiger partial charge in [-0.05, 0) is 24.6 Å². The van der Waals surface area contributed by atoms with Gasteiger partial charge in [-0.3, -0.25) is 4.98 Å². The van der Waals surface area contributed by atoms with Gasteiger partial charge in [0, 0.05) is 18.4 Å². The molecule has 3 heteroatoms. The molecule has 1 N–H and O–H groups in total. The molecule has 13 heavy (non-hydrogen) atoms. The molecule has 1 fully saturated rings. The molecule has 70 valence electrons. The second-order valence-corrected chi connectivity index (χ2v) is 3.32. The third kappa shape index (κ3) is 2.50. The van der Waals surface area contributed by atoms with Crippen molar-refractivity contribution in [2.45, 2.75) is 19.1 Å². The van der Waals surface area contributed by atoms with E-state index >= 15 is 0 Å². The molecule has 3 nitrogen and oxygen atoms in total. The predicted octanol–water partition coefficient (Wildman–Crippen LogP) is 0.960. The second kappa shape index (κ2) is 4.35. The van der Waals surface area contributed by atoms with Crippen LogP contribution < -0.4 is 5.32 Å². The first-order valence-electron chi connectivity index (χ1n) is 4.65. The molecule has 1 saturated heterocycles. The van der Waals surface area contributed by atoms with E-state index in [2.05, 4.69) is 10.3 Å². The van der Waals surface area contributed by atoms with Gasteiger partial charge in [0.1, 0.15) is 0 Å². The number of ether oxygens (including phenoxy) is 1. The Kier molecular flexibility index (Phi) is 2.90. The molecule has 0 aromatic carbocycles. The van der Waals surface area contributed by atoms with Gasteiger partial charge in [0.15, 0.2) is 0 Å². The van der Waals surface area contributed by atoms with Crippen molar-refractivity contribution in [3.63, 3.8) is 0 Å². The Balaban J connectivity index is 1.67. The summed E-state index contributed by atoms with van der Waals surface area (Å²) in [6.07, 6.45) is 4.86. The first kappa shape index (κ1) is 8.66. The van der Waals surface area contributed by atoms with Crippen molar-refractivity contribution in [1.29, 1.82) is 0 Å². The maximum atomic E-state index is 5.52. The van der Waals surface area contributed by atoms with Gasteiger partial charge in [0.25, 0.3) is 0 Å². The Morgan fingerprint density at radius 3 is 3.15 bits per heavy atom. The fourth-order valence-electron chi connectivity index (χ4n) is 1.29. The largest absolute Gasteiger partial charge is 0.375 e. The molecule has 2 heterocycles. The molecule has 1 aliphatic rings. The Labute approximate surface area is 78.1 Å². The van der Waals surface area contributed by atoms with E-state index in [1.807, 2.05) is 18.3 Å². The Bertz CT molecular complexity index is 246. The molecular weight excluding hydrogens is 164 g/mol. The fraction of sp³-hybridized carbons (Fsp3) is 0.500. The summed E-state index contributed by atoms with van der Waals surface area (Å²) in [6, 6.07) is 4.54. The van der Waals surface area contributed by atoms with Gasteiger partial charge in [-0.2, -0.15) is 0 Å². The van der Waals surface area contributed by atoms with Gasteiger partial charge in [-0.1, -0.05) is 6.07 Å². The van der Waals surface area contributed by atoms with Crippen molar-refractivity contribution in [3.8, 4) is 0 Å². The highest BCUT2D eigenvalue weighted by Gasteiger charge is 2.15. The lowest BCUT2D eigenvalue weighted by atomic mass is 10.1. The number of aromatic nitrogens is 1. The summed E-state index contributed by atoms with van der Waals surface area (Å²) in [5.74, 6) is 0. The smallest absolute Gasteiger partial charge is 0.0732 e. The summed E-state index contributed by atoms with van der Waals surface area (Å²) < 4.78 is 5.52. The van der Waals surface area contributed by atoms with Crippen molar-refractivity contribution >= 4 is 0 Å². The number of nitrogens with one attached hydrogen (secondary N) is 1. The molecule has 0 unspecified atom stereocenters. The molecule has 1 atom stereocenters. The van der Waals surface area contributed by atoms with E-state index in [-0.39, 0.29) is 0 Å². The lowest BCUT2D eigenvalue weighted by Crippen LogP contribution is -2.45. The molecule has 0 aliphatic carbocycles. The quantitative estimate of drug-likeness (QED) is 0.745.